The van der Waals surface area contributed by atoms with E-state index in [4.69, 9.17) is 5.73 Å². The summed E-state index contributed by atoms with van der Waals surface area (Å²) in [5, 5.41) is 17.7. The molecule has 1 aromatic heterocycles. The van der Waals surface area contributed by atoms with E-state index in [1.165, 1.54) is 17.4 Å². The third-order valence-electron chi connectivity index (χ3n) is 5.29. The van der Waals surface area contributed by atoms with Crippen molar-refractivity contribution in [3.8, 4) is 0 Å². The second-order valence-corrected chi connectivity index (χ2v) is 8.60. The first-order valence-electron chi connectivity index (χ1n) is 9.74. The standard InChI is InChI=1S/C20H22N4O4S/c21-18(25)17-13-4-2-1-3-5-16(13)29-20(17)23-19(26)11-6-9-14(22-12-7-8-12)15(10-11)24(27)28/h6,9-10,12,22H,1-5,7-8H2,(H2,21,25)(H,23,26). The van der Waals surface area contributed by atoms with Gasteiger partial charge in [-0.25, -0.2) is 0 Å². The van der Waals surface area contributed by atoms with Gasteiger partial charge in [0.25, 0.3) is 17.5 Å². The number of nitro benzene ring substituents is 1. The Bertz CT molecular complexity index is 997. The molecule has 0 saturated heterocycles. The summed E-state index contributed by atoms with van der Waals surface area (Å²) in [5.74, 6) is -1.06. The Balaban J connectivity index is 1.62. The highest BCUT2D eigenvalue weighted by molar-refractivity contribution is 7.17. The summed E-state index contributed by atoms with van der Waals surface area (Å²) >= 11 is 1.38. The van der Waals surface area contributed by atoms with E-state index in [1.807, 2.05) is 0 Å². The van der Waals surface area contributed by atoms with Crippen LogP contribution in [-0.4, -0.2) is 22.8 Å². The van der Waals surface area contributed by atoms with Gasteiger partial charge < -0.3 is 16.4 Å². The number of aryl methyl sites for hydroxylation is 1. The topological polar surface area (TPSA) is 127 Å². The van der Waals surface area contributed by atoms with Crippen LogP contribution >= 0.6 is 11.3 Å². The molecule has 0 unspecified atom stereocenters. The fraction of sp³-hybridized carbons (Fsp3) is 0.400. The van der Waals surface area contributed by atoms with Crippen LogP contribution in [0, 0.1) is 10.1 Å². The zero-order chi connectivity index (χ0) is 20.5. The first-order valence-corrected chi connectivity index (χ1v) is 10.6. The molecule has 2 aromatic rings. The lowest BCUT2D eigenvalue weighted by Gasteiger charge is -2.09. The number of nitrogens with one attached hydrogen (secondary N) is 2. The summed E-state index contributed by atoms with van der Waals surface area (Å²) in [7, 11) is 0. The van der Waals surface area contributed by atoms with E-state index >= 15 is 0 Å². The molecule has 8 nitrogen and oxygen atoms in total. The molecule has 2 aliphatic rings. The number of benzene rings is 1. The lowest BCUT2D eigenvalue weighted by atomic mass is 10.0. The van der Waals surface area contributed by atoms with Crippen molar-refractivity contribution < 1.29 is 14.5 Å². The van der Waals surface area contributed by atoms with Gasteiger partial charge in [0.2, 0.25) is 0 Å². The Morgan fingerprint density at radius 3 is 2.62 bits per heavy atom. The molecule has 0 radical (unpaired) electrons. The molecule has 1 aromatic carbocycles. The number of carbonyl (C=O) groups is 2. The molecule has 1 fully saturated rings. The number of nitrogens with two attached hydrogens (primary N) is 1. The Morgan fingerprint density at radius 2 is 1.93 bits per heavy atom. The number of nitrogens with zero attached hydrogens (tertiary/aromatic N) is 1. The second kappa shape index (κ2) is 7.82. The number of primary amides is 1. The van der Waals surface area contributed by atoms with Crippen molar-refractivity contribution in [3.05, 3.63) is 49.9 Å². The lowest BCUT2D eigenvalue weighted by Crippen LogP contribution is -2.18. The van der Waals surface area contributed by atoms with Gasteiger partial charge in [-0.15, -0.1) is 11.3 Å². The average Bonchev–Trinajstić information content (AvgIpc) is 3.46. The molecule has 1 heterocycles. The maximum atomic E-state index is 12.8. The van der Waals surface area contributed by atoms with Crippen LogP contribution < -0.4 is 16.4 Å². The van der Waals surface area contributed by atoms with E-state index in [2.05, 4.69) is 10.6 Å². The minimum absolute atomic E-state index is 0.137. The molecule has 2 amide bonds. The predicted molar refractivity (Wildman–Crippen MR) is 112 cm³/mol. The van der Waals surface area contributed by atoms with E-state index < -0.39 is 16.7 Å². The summed E-state index contributed by atoms with van der Waals surface area (Å²) in [5.41, 5.74) is 7.35. The normalized spacial score (nSPS) is 15.9. The van der Waals surface area contributed by atoms with Gasteiger partial charge >= 0.3 is 0 Å². The van der Waals surface area contributed by atoms with Crippen LogP contribution in [0.15, 0.2) is 18.2 Å². The van der Waals surface area contributed by atoms with Gasteiger partial charge in [0.05, 0.1) is 10.5 Å². The van der Waals surface area contributed by atoms with Crippen molar-refractivity contribution in [2.24, 2.45) is 5.73 Å². The van der Waals surface area contributed by atoms with E-state index in [-0.39, 0.29) is 17.3 Å². The summed E-state index contributed by atoms with van der Waals surface area (Å²) < 4.78 is 0. The largest absolute Gasteiger partial charge is 0.377 e. The number of nitro groups is 1. The Kier molecular flexibility index (Phi) is 5.23. The maximum absolute atomic E-state index is 12.8. The average molecular weight is 414 g/mol. The van der Waals surface area contributed by atoms with Crippen molar-refractivity contribution in [3.63, 3.8) is 0 Å². The summed E-state index contributed by atoms with van der Waals surface area (Å²) in [6.45, 7) is 0. The number of rotatable bonds is 6. The van der Waals surface area contributed by atoms with Crippen LogP contribution in [0.1, 0.15) is 63.3 Å². The summed E-state index contributed by atoms with van der Waals surface area (Å²) in [6, 6.07) is 4.63. The van der Waals surface area contributed by atoms with Gasteiger partial charge in [0.1, 0.15) is 10.7 Å². The molecule has 0 atom stereocenters. The second-order valence-electron chi connectivity index (χ2n) is 7.49. The molecule has 1 saturated carbocycles. The summed E-state index contributed by atoms with van der Waals surface area (Å²) in [6.07, 6.45) is 6.73. The zero-order valence-electron chi connectivity index (χ0n) is 15.8. The fourth-order valence-electron chi connectivity index (χ4n) is 3.66. The van der Waals surface area contributed by atoms with E-state index in [0.29, 0.717) is 16.3 Å². The zero-order valence-corrected chi connectivity index (χ0v) is 16.6. The smallest absolute Gasteiger partial charge is 0.293 e. The van der Waals surface area contributed by atoms with Crippen molar-refractivity contribution in [1.29, 1.82) is 0 Å². The third-order valence-corrected chi connectivity index (χ3v) is 6.50. The number of anilines is 2. The lowest BCUT2D eigenvalue weighted by molar-refractivity contribution is -0.384. The number of hydrogen-bond acceptors (Lipinski definition) is 6. The first-order chi connectivity index (χ1) is 13.9. The molecule has 0 spiro atoms. The molecule has 9 heteroatoms. The monoisotopic (exact) mass is 414 g/mol. The van der Waals surface area contributed by atoms with Gasteiger partial charge in [0.15, 0.2) is 0 Å². The van der Waals surface area contributed by atoms with Crippen LogP contribution in [0.25, 0.3) is 0 Å². The Labute approximate surface area is 171 Å². The highest BCUT2D eigenvalue weighted by atomic mass is 32.1. The van der Waals surface area contributed by atoms with Crippen LogP contribution in [0.5, 0.6) is 0 Å². The highest BCUT2D eigenvalue weighted by Gasteiger charge is 2.27. The van der Waals surface area contributed by atoms with Gasteiger partial charge in [-0.2, -0.15) is 0 Å². The molecule has 0 aliphatic heterocycles. The van der Waals surface area contributed by atoms with Crippen LogP contribution in [0.4, 0.5) is 16.4 Å². The van der Waals surface area contributed by atoms with Gasteiger partial charge in [-0.1, -0.05) is 6.42 Å². The van der Waals surface area contributed by atoms with Gasteiger partial charge in [0, 0.05) is 22.5 Å². The summed E-state index contributed by atoms with van der Waals surface area (Å²) in [4.78, 5) is 36.9. The molecule has 0 bridgehead atoms. The number of thiophene rings is 1. The van der Waals surface area contributed by atoms with Crippen molar-refractivity contribution in [2.75, 3.05) is 10.6 Å². The Morgan fingerprint density at radius 1 is 1.17 bits per heavy atom. The maximum Gasteiger partial charge on any atom is 0.293 e. The van der Waals surface area contributed by atoms with E-state index in [0.717, 1.165) is 55.4 Å². The van der Waals surface area contributed by atoms with Gasteiger partial charge in [-0.05, 0) is 56.2 Å². The number of amides is 2. The molecule has 152 valence electrons. The number of hydrogen-bond donors (Lipinski definition) is 3. The van der Waals surface area contributed by atoms with E-state index in [1.54, 1.807) is 12.1 Å². The number of fused-ring (bicyclic) bond motifs is 1. The Hall–Kier alpha value is -2.94. The van der Waals surface area contributed by atoms with Crippen LogP contribution in [-0.2, 0) is 12.8 Å². The quantitative estimate of drug-likeness (QED) is 0.376. The highest BCUT2D eigenvalue weighted by Crippen LogP contribution is 2.38. The SMILES string of the molecule is NC(=O)c1c(NC(=O)c2ccc(NC3CC3)c([N+](=O)[O-])c2)sc2c1CCCCC2. The first kappa shape index (κ1) is 19.4. The molecular formula is C20H22N4O4S. The van der Waals surface area contributed by atoms with Crippen LogP contribution in [0.3, 0.4) is 0 Å². The predicted octanol–water partition coefficient (Wildman–Crippen LogP) is 3.85. The van der Waals surface area contributed by atoms with Crippen molar-refractivity contribution >= 4 is 39.5 Å². The van der Waals surface area contributed by atoms with Crippen LogP contribution in [0.2, 0.25) is 0 Å². The minimum atomic E-state index is -0.560. The van der Waals surface area contributed by atoms with E-state index in [9.17, 15) is 19.7 Å². The third kappa shape index (κ3) is 4.09. The molecule has 4 N–H and O–H groups in total. The molecule has 2 aliphatic carbocycles. The van der Waals surface area contributed by atoms with Crippen molar-refractivity contribution in [1.82, 2.24) is 0 Å². The number of carbonyl (C=O) groups excluding carboxylic acids is 2. The fourth-order valence-corrected chi connectivity index (χ4v) is 4.95. The molecular weight excluding hydrogens is 392 g/mol. The minimum Gasteiger partial charge on any atom is -0.377 e. The van der Waals surface area contributed by atoms with Gasteiger partial charge in [-0.3, -0.25) is 19.7 Å². The van der Waals surface area contributed by atoms with Crippen molar-refractivity contribution in [2.45, 2.75) is 51.0 Å². The molecule has 29 heavy (non-hydrogen) atoms. The molecule has 4 rings (SSSR count).